The van der Waals surface area contributed by atoms with Gasteiger partial charge in [0.2, 0.25) is 11.8 Å². The van der Waals surface area contributed by atoms with Gasteiger partial charge in [-0.05, 0) is 23.8 Å². The number of halogens is 1. The van der Waals surface area contributed by atoms with Gasteiger partial charge >= 0.3 is 0 Å². The minimum atomic E-state index is -1.55. The second kappa shape index (κ2) is 10.1. The quantitative estimate of drug-likeness (QED) is 0.321. The first kappa shape index (κ1) is 24.2. The SMILES string of the molecule is O=C(Cc1ccccc1)NN(C(=O)c1ccccc1[N+](=O)[O-])C1CC(=O)N(c2ccccc2F)C1=O. The molecule has 1 aliphatic rings. The molecular weight excluding hydrogens is 471 g/mol. The summed E-state index contributed by atoms with van der Waals surface area (Å²) in [5, 5.41) is 12.1. The van der Waals surface area contributed by atoms with Crippen LogP contribution in [0.3, 0.4) is 0 Å². The number of imide groups is 1. The smallest absolute Gasteiger partial charge is 0.274 e. The molecule has 0 aromatic heterocycles. The summed E-state index contributed by atoms with van der Waals surface area (Å²) < 4.78 is 14.4. The van der Waals surface area contributed by atoms with E-state index in [9.17, 15) is 33.7 Å². The van der Waals surface area contributed by atoms with Crippen molar-refractivity contribution in [3.8, 4) is 0 Å². The van der Waals surface area contributed by atoms with Crippen LogP contribution in [-0.2, 0) is 20.8 Å². The Morgan fingerprint density at radius 1 is 1.00 bits per heavy atom. The van der Waals surface area contributed by atoms with Crippen molar-refractivity contribution < 1.29 is 28.5 Å². The van der Waals surface area contributed by atoms with Gasteiger partial charge in [0.1, 0.15) is 17.4 Å². The predicted molar refractivity (Wildman–Crippen MR) is 125 cm³/mol. The molecule has 4 amide bonds. The molecule has 11 heteroatoms. The van der Waals surface area contributed by atoms with Gasteiger partial charge in [0.05, 0.1) is 23.5 Å². The molecule has 1 saturated heterocycles. The molecule has 0 aliphatic carbocycles. The van der Waals surface area contributed by atoms with Crippen LogP contribution in [0.4, 0.5) is 15.8 Å². The Morgan fingerprint density at radius 2 is 1.64 bits per heavy atom. The highest BCUT2D eigenvalue weighted by Gasteiger charge is 2.46. The summed E-state index contributed by atoms with van der Waals surface area (Å²) in [5.74, 6) is -4.35. The summed E-state index contributed by atoms with van der Waals surface area (Å²) in [6.45, 7) is 0. The maximum atomic E-state index is 14.4. The lowest BCUT2D eigenvalue weighted by Gasteiger charge is -2.28. The molecule has 1 heterocycles. The maximum Gasteiger partial charge on any atom is 0.282 e. The van der Waals surface area contributed by atoms with Crippen molar-refractivity contribution in [3.05, 3.63) is 106 Å². The molecule has 0 bridgehead atoms. The molecule has 3 aromatic carbocycles. The number of carbonyl (C=O) groups excluding carboxylic acids is 4. The summed E-state index contributed by atoms with van der Waals surface area (Å²) in [6, 6.07) is 17.1. The lowest BCUT2D eigenvalue weighted by molar-refractivity contribution is -0.385. The number of anilines is 1. The second-order valence-electron chi connectivity index (χ2n) is 7.89. The Bertz CT molecular complexity index is 1360. The number of rotatable bonds is 6. The molecule has 36 heavy (non-hydrogen) atoms. The highest BCUT2D eigenvalue weighted by Crippen LogP contribution is 2.29. The van der Waals surface area contributed by atoms with Gasteiger partial charge in [-0.1, -0.05) is 54.6 Å². The molecule has 1 fully saturated rings. The first-order valence-electron chi connectivity index (χ1n) is 10.8. The van der Waals surface area contributed by atoms with Crippen LogP contribution in [0.5, 0.6) is 0 Å². The zero-order chi connectivity index (χ0) is 25.8. The molecule has 0 spiro atoms. The van der Waals surface area contributed by atoms with E-state index in [1.54, 1.807) is 30.3 Å². The van der Waals surface area contributed by atoms with Gasteiger partial charge in [0.25, 0.3) is 17.5 Å². The van der Waals surface area contributed by atoms with Gasteiger partial charge in [0.15, 0.2) is 0 Å². The number of nitro benzene ring substituents is 1. The van der Waals surface area contributed by atoms with Crippen LogP contribution in [0.25, 0.3) is 0 Å². The third-order valence-electron chi connectivity index (χ3n) is 5.53. The lowest BCUT2D eigenvalue weighted by atomic mass is 10.1. The number of hydrazine groups is 1. The average molecular weight is 490 g/mol. The third kappa shape index (κ3) is 4.80. The van der Waals surface area contributed by atoms with Crippen molar-refractivity contribution in [2.75, 3.05) is 4.90 Å². The van der Waals surface area contributed by atoms with Crippen molar-refractivity contribution in [3.63, 3.8) is 0 Å². The molecule has 1 N–H and O–H groups in total. The summed E-state index contributed by atoms with van der Waals surface area (Å²) in [5.41, 5.74) is 1.70. The third-order valence-corrected chi connectivity index (χ3v) is 5.53. The zero-order valence-electron chi connectivity index (χ0n) is 18.7. The normalized spacial score (nSPS) is 15.0. The van der Waals surface area contributed by atoms with Gasteiger partial charge in [-0.2, -0.15) is 0 Å². The van der Waals surface area contributed by atoms with Crippen LogP contribution in [0.1, 0.15) is 22.3 Å². The topological polar surface area (TPSA) is 130 Å². The van der Waals surface area contributed by atoms with E-state index in [0.717, 1.165) is 12.1 Å². The standard InChI is InChI=1S/C25H19FN4O6/c26-18-11-5-7-13-20(18)28-23(32)15-21(25(28)34)29(27-22(31)14-16-8-2-1-3-9-16)24(33)17-10-4-6-12-19(17)30(35)36/h1-13,21H,14-15H2,(H,27,31). The molecule has 1 aliphatic heterocycles. The van der Waals surface area contributed by atoms with E-state index in [4.69, 9.17) is 0 Å². The minimum Gasteiger partial charge on any atom is -0.274 e. The highest BCUT2D eigenvalue weighted by molar-refractivity contribution is 6.23. The monoisotopic (exact) mass is 490 g/mol. The predicted octanol–water partition coefficient (Wildman–Crippen LogP) is 2.78. The van der Waals surface area contributed by atoms with Gasteiger partial charge in [-0.25, -0.2) is 14.3 Å². The Morgan fingerprint density at radius 3 is 2.33 bits per heavy atom. The summed E-state index contributed by atoms with van der Waals surface area (Å²) >= 11 is 0. The molecule has 1 atom stereocenters. The first-order chi connectivity index (χ1) is 17.3. The summed E-state index contributed by atoms with van der Waals surface area (Å²) in [4.78, 5) is 63.6. The summed E-state index contributed by atoms with van der Waals surface area (Å²) in [6.07, 6.45) is -0.738. The highest BCUT2D eigenvalue weighted by atomic mass is 19.1. The number of nitrogens with one attached hydrogen (secondary N) is 1. The fraction of sp³-hybridized carbons (Fsp3) is 0.120. The van der Waals surface area contributed by atoms with E-state index in [1.807, 2.05) is 0 Å². The lowest BCUT2D eigenvalue weighted by Crippen LogP contribution is -2.55. The number of hydrogen-bond acceptors (Lipinski definition) is 6. The first-order valence-corrected chi connectivity index (χ1v) is 10.8. The van der Waals surface area contributed by atoms with Gasteiger partial charge in [-0.15, -0.1) is 0 Å². The van der Waals surface area contributed by atoms with E-state index >= 15 is 0 Å². The zero-order valence-corrected chi connectivity index (χ0v) is 18.7. The van der Waals surface area contributed by atoms with Crippen molar-refractivity contribution in [1.82, 2.24) is 10.4 Å². The van der Waals surface area contributed by atoms with Gasteiger partial charge in [-0.3, -0.25) is 34.7 Å². The van der Waals surface area contributed by atoms with Crippen LogP contribution >= 0.6 is 0 Å². The molecule has 4 rings (SSSR count). The van der Waals surface area contributed by atoms with Crippen molar-refractivity contribution in [2.45, 2.75) is 18.9 Å². The number of benzene rings is 3. The Kier molecular flexibility index (Phi) is 6.81. The summed E-state index contributed by atoms with van der Waals surface area (Å²) in [7, 11) is 0. The molecule has 1 unspecified atom stereocenters. The molecule has 0 radical (unpaired) electrons. The fourth-order valence-electron chi connectivity index (χ4n) is 3.87. The van der Waals surface area contributed by atoms with Gasteiger partial charge < -0.3 is 0 Å². The van der Waals surface area contributed by atoms with Crippen LogP contribution in [0.2, 0.25) is 0 Å². The van der Waals surface area contributed by atoms with Crippen LogP contribution in [0.15, 0.2) is 78.9 Å². The Labute approximate surface area is 204 Å². The van der Waals surface area contributed by atoms with E-state index < -0.39 is 58.1 Å². The van der Waals surface area contributed by atoms with Crippen LogP contribution < -0.4 is 10.3 Å². The molecule has 3 aromatic rings. The van der Waals surface area contributed by atoms with E-state index in [0.29, 0.717) is 15.5 Å². The second-order valence-corrected chi connectivity index (χ2v) is 7.89. The van der Waals surface area contributed by atoms with Gasteiger partial charge in [0, 0.05) is 6.07 Å². The average Bonchev–Trinajstić information content (AvgIpc) is 3.16. The minimum absolute atomic E-state index is 0.173. The van der Waals surface area contributed by atoms with E-state index in [-0.39, 0.29) is 12.1 Å². The largest absolute Gasteiger partial charge is 0.282 e. The van der Waals surface area contributed by atoms with E-state index in [2.05, 4.69) is 5.43 Å². The Balaban J connectivity index is 1.70. The number of carbonyl (C=O) groups is 4. The Hall–Kier alpha value is -4.93. The molecule has 0 saturated carbocycles. The van der Waals surface area contributed by atoms with Crippen molar-refractivity contribution in [2.24, 2.45) is 0 Å². The van der Waals surface area contributed by atoms with E-state index in [1.165, 1.54) is 36.4 Å². The number of amides is 4. The number of para-hydroxylation sites is 2. The van der Waals surface area contributed by atoms with Crippen LogP contribution in [0, 0.1) is 15.9 Å². The molecule has 182 valence electrons. The number of hydrogen-bond donors (Lipinski definition) is 1. The number of nitro groups is 1. The van der Waals surface area contributed by atoms with Crippen molar-refractivity contribution >= 4 is 35.0 Å². The number of nitrogens with zero attached hydrogens (tertiary/aromatic N) is 3. The maximum absolute atomic E-state index is 14.4. The molecule has 10 nitrogen and oxygen atoms in total. The molecular formula is C25H19FN4O6. The van der Waals surface area contributed by atoms with Crippen molar-refractivity contribution in [1.29, 1.82) is 0 Å². The van der Waals surface area contributed by atoms with Crippen LogP contribution in [-0.4, -0.2) is 39.6 Å². The fourth-order valence-corrected chi connectivity index (χ4v) is 3.87.